The van der Waals surface area contributed by atoms with E-state index in [1.54, 1.807) is 0 Å². The molecular weight excluding hydrogens is 363 g/mol. The third-order valence-corrected chi connectivity index (χ3v) is 5.29. The minimum atomic E-state index is -2.74. The lowest BCUT2D eigenvalue weighted by Gasteiger charge is -2.08. The molecular formula is C21H44O5P. The topological polar surface area (TPSA) is 76.0 Å². The zero-order valence-corrected chi connectivity index (χ0v) is 18.5. The first kappa shape index (κ1) is 26.9. The lowest BCUT2D eigenvalue weighted by Crippen LogP contribution is -2.11. The predicted octanol–water partition coefficient (Wildman–Crippen LogP) is 6.64. The van der Waals surface area contributed by atoms with Gasteiger partial charge in [0.1, 0.15) is 0 Å². The number of hydrogen-bond acceptors (Lipinski definition) is 4. The monoisotopic (exact) mass is 407 g/mol. The van der Waals surface area contributed by atoms with Crippen LogP contribution in [0.3, 0.4) is 0 Å². The first-order valence-electron chi connectivity index (χ1n) is 11.3. The molecule has 2 N–H and O–H groups in total. The summed E-state index contributed by atoms with van der Waals surface area (Å²) in [4.78, 5) is 8.47. The van der Waals surface area contributed by atoms with E-state index < -0.39 is 14.5 Å². The Balaban J connectivity index is 3.06. The van der Waals surface area contributed by atoms with Crippen molar-refractivity contribution in [3.63, 3.8) is 0 Å². The molecule has 0 aliphatic carbocycles. The molecule has 0 spiro atoms. The Bertz CT molecular complexity index is 315. The average molecular weight is 408 g/mol. The average Bonchev–Trinajstić information content (AvgIpc) is 2.63. The normalized spacial score (nSPS) is 13.1. The molecule has 6 heteroatoms. The van der Waals surface area contributed by atoms with E-state index in [-0.39, 0.29) is 6.42 Å². The summed E-state index contributed by atoms with van der Waals surface area (Å²) < 4.78 is 20.1. The molecule has 0 aliphatic heterocycles. The Kier molecular flexibility index (Phi) is 22.2. The van der Waals surface area contributed by atoms with E-state index in [2.05, 4.69) is 11.4 Å². The van der Waals surface area contributed by atoms with Crippen molar-refractivity contribution in [1.29, 1.82) is 0 Å². The van der Waals surface area contributed by atoms with Gasteiger partial charge >= 0.3 is 8.25 Å². The second kappa shape index (κ2) is 22.2. The molecule has 2 atom stereocenters. The third-order valence-electron chi connectivity index (χ3n) is 4.86. The Morgan fingerprint density at radius 3 is 1.52 bits per heavy atom. The van der Waals surface area contributed by atoms with Gasteiger partial charge in [-0.3, -0.25) is 9.42 Å². The maximum Gasteiger partial charge on any atom is 0.368 e. The molecule has 0 amide bonds. The summed E-state index contributed by atoms with van der Waals surface area (Å²) in [5.74, 6) is 0. The summed E-state index contributed by atoms with van der Waals surface area (Å²) in [6, 6.07) is 0. The van der Waals surface area contributed by atoms with Crippen LogP contribution in [0.5, 0.6) is 0 Å². The summed E-state index contributed by atoms with van der Waals surface area (Å²) in [7, 11) is -2.74. The standard InChI is InChI=1S/C21H44O5P/c1-2-3-4-5-6-7-8-9-10-11-12-13-14-15-16-17-19-25-20-18-21(22)26-27(23)24/h21-22H,2-20H2,1H3,(H,23,24). The number of hydrogen-bond donors (Lipinski definition) is 2. The van der Waals surface area contributed by atoms with E-state index >= 15 is 0 Å². The third kappa shape index (κ3) is 23.9. The van der Waals surface area contributed by atoms with Crippen molar-refractivity contribution < 1.29 is 23.8 Å². The van der Waals surface area contributed by atoms with E-state index in [1.807, 2.05) is 0 Å². The van der Waals surface area contributed by atoms with Crippen molar-refractivity contribution >= 4 is 8.25 Å². The second-order valence-corrected chi connectivity index (χ2v) is 8.19. The Labute approximate surface area is 168 Å². The molecule has 0 aromatic rings. The number of rotatable bonds is 22. The van der Waals surface area contributed by atoms with Crippen molar-refractivity contribution in [3.8, 4) is 0 Å². The summed E-state index contributed by atoms with van der Waals surface area (Å²) in [6.45, 7) is 3.30. The smallest absolute Gasteiger partial charge is 0.368 e. The lowest BCUT2D eigenvalue weighted by molar-refractivity contribution is -0.0424. The van der Waals surface area contributed by atoms with Crippen molar-refractivity contribution in [3.05, 3.63) is 0 Å². The van der Waals surface area contributed by atoms with Gasteiger partial charge in [-0.1, -0.05) is 103 Å². The van der Waals surface area contributed by atoms with Crippen LogP contribution in [0.15, 0.2) is 0 Å². The van der Waals surface area contributed by atoms with Crippen molar-refractivity contribution in [2.45, 2.75) is 122 Å². The summed E-state index contributed by atoms with van der Waals surface area (Å²) in [5, 5.41) is 9.22. The summed E-state index contributed by atoms with van der Waals surface area (Å²) in [6.07, 6.45) is 20.6. The van der Waals surface area contributed by atoms with E-state index in [9.17, 15) is 9.67 Å². The molecule has 0 bridgehead atoms. The van der Waals surface area contributed by atoms with E-state index in [4.69, 9.17) is 9.63 Å². The fourth-order valence-electron chi connectivity index (χ4n) is 3.20. The number of unbranched alkanes of at least 4 members (excludes halogenated alkanes) is 15. The Hall–Kier alpha value is -0.0600. The van der Waals surface area contributed by atoms with E-state index in [0.29, 0.717) is 13.2 Å². The van der Waals surface area contributed by atoms with Gasteiger partial charge in [0.05, 0.1) is 6.61 Å². The van der Waals surface area contributed by atoms with Crippen LogP contribution in [-0.4, -0.2) is 29.5 Å². The first-order chi connectivity index (χ1) is 13.2. The van der Waals surface area contributed by atoms with Gasteiger partial charge in [-0.15, -0.1) is 0 Å². The van der Waals surface area contributed by atoms with Gasteiger partial charge in [0.2, 0.25) is 0 Å². The maximum atomic E-state index is 10.3. The molecule has 0 heterocycles. The largest absolute Gasteiger partial charge is 0.381 e. The zero-order chi connectivity index (χ0) is 20.0. The van der Waals surface area contributed by atoms with Gasteiger partial charge in [-0.25, -0.2) is 4.57 Å². The van der Waals surface area contributed by atoms with Crippen molar-refractivity contribution in [2.75, 3.05) is 13.2 Å². The van der Waals surface area contributed by atoms with Gasteiger partial charge in [-0.05, 0) is 6.42 Å². The highest BCUT2D eigenvalue weighted by Gasteiger charge is 2.07. The SMILES string of the molecule is CCCCCCCCCCCCCCCCCCOCCC(O)O[P](=O)O. The van der Waals surface area contributed by atoms with Gasteiger partial charge in [-0.2, -0.15) is 0 Å². The minimum absolute atomic E-state index is 0.223. The summed E-state index contributed by atoms with van der Waals surface area (Å²) >= 11 is 0. The van der Waals surface area contributed by atoms with Gasteiger partial charge in [0, 0.05) is 13.0 Å². The number of aliphatic hydroxyl groups excluding tert-OH is 1. The molecule has 0 fully saturated rings. The lowest BCUT2D eigenvalue weighted by atomic mass is 10.0. The molecule has 0 saturated carbocycles. The fourth-order valence-corrected chi connectivity index (χ4v) is 3.51. The fraction of sp³-hybridized carbons (Fsp3) is 1.00. The molecule has 27 heavy (non-hydrogen) atoms. The van der Waals surface area contributed by atoms with E-state index in [1.165, 1.54) is 96.3 Å². The van der Waals surface area contributed by atoms with Crippen molar-refractivity contribution in [2.24, 2.45) is 0 Å². The highest BCUT2D eigenvalue weighted by atomic mass is 31.1. The van der Waals surface area contributed by atoms with Crippen molar-refractivity contribution in [1.82, 2.24) is 0 Å². The highest BCUT2D eigenvalue weighted by Crippen LogP contribution is 2.18. The molecule has 163 valence electrons. The minimum Gasteiger partial charge on any atom is -0.381 e. The number of aliphatic hydroxyl groups is 1. The van der Waals surface area contributed by atoms with Crippen LogP contribution in [0.2, 0.25) is 0 Å². The maximum absolute atomic E-state index is 10.3. The van der Waals surface area contributed by atoms with Crippen LogP contribution in [0.25, 0.3) is 0 Å². The molecule has 5 nitrogen and oxygen atoms in total. The van der Waals surface area contributed by atoms with Crippen LogP contribution >= 0.6 is 8.25 Å². The zero-order valence-electron chi connectivity index (χ0n) is 17.6. The van der Waals surface area contributed by atoms with Gasteiger partial charge in [0.25, 0.3) is 0 Å². The van der Waals surface area contributed by atoms with Crippen LogP contribution < -0.4 is 0 Å². The molecule has 1 radical (unpaired) electrons. The van der Waals surface area contributed by atoms with E-state index in [0.717, 1.165) is 6.42 Å². The Morgan fingerprint density at radius 1 is 0.704 bits per heavy atom. The molecule has 0 aromatic heterocycles. The first-order valence-corrected chi connectivity index (χ1v) is 12.4. The number of ether oxygens (including phenoxy) is 1. The predicted molar refractivity (Wildman–Crippen MR) is 112 cm³/mol. The van der Waals surface area contributed by atoms with Crippen LogP contribution in [-0.2, 0) is 13.8 Å². The van der Waals surface area contributed by atoms with Crippen LogP contribution in [0.4, 0.5) is 0 Å². The van der Waals surface area contributed by atoms with Crippen LogP contribution in [0, 0.1) is 0 Å². The molecule has 0 aliphatic rings. The second-order valence-electron chi connectivity index (χ2n) is 7.50. The quantitative estimate of drug-likeness (QED) is 0.119. The van der Waals surface area contributed by atoms with Gasteiger partial charge < -0.3 is 9.84 Å². The Morgan fingerprint density at radius 2 is 1.11 bits per heavy atom. The summed E-state index contributed by atoms with van der Waals surface area (Å²) in [5.41, 5.74) is 0. The van der Waals surface area contributed by atoms with Crippen LogP contribution in [0.1, 0.15) is 116 Å². The highest BCUT2D eigenvalue weighted by molar-refractivity contribution is 7.32. The molecule has 2 unspecified atom stereocenters. The van der Waals surface area contributed by atoms with Gasteiger partial charge in [0.15, 0.2) is 6.29 Å². The molecule has 0 aromatic carbocycles. The molecule has 0 saturated heterocycles. The molecule has 0 rings (SSSR count).